The molecule has 1 nitrogen and oxygen atoms in total. The Balaban J connectivity index is 1.60. The lowest BCUT2D eigenvalue weighted by molar-refractivity contribution is 0.396. The first-order valence-electron chi connectivity index (χ1n) is 7.59. The van der Waals surface area contributed by atoms with E-state index in [2.05, 4.69) is 37.4 Å². The Kier molecular flexibility index (Phi) is 3.43. The molecule has 2 unspecified atom stereocenters. The summed E-state index contributed by atoms with van der Waals surface area (Å²) in [6.07, 6.45) is 7.94. The third kappa shape index (κ3) is 2.77. The van der Waals surface area contributed by atoms with Crippen LogP contribution in [0.5, 0.6) is 0 Å². The molecule has 2 aliphatic carbocycles. The van der Waals surface area contributed by atoms with E-state index in [0.717, 1.165) is 12.0 Å². The second-order valence-electron chi connectivity index (χ2n) is 6.37. The average Bonchev–Trinajstić information content (AvgIpc) is 3.05. The van der Waals surface area contributed by atoms with E-state index < -0.39 is 0 Å². The Bertz CT molecular complexity index is 420. The van der Waals surface area contributed by atoms with Crippen molar-refractivity contribution < 1.29 is 0 Å². The van der Waals surface area contributed by atoms with Gasteiger partial charge in [-0.25, -0.2) is 0 Å². The van der Waals surface area contributed by atoms with Gasteiger partial charge in [-0.05, 0) is 68.1 Å². The van der Waals surface area contributed by atoms with E-state index in [9.17, 15) is 0 Å². The number of benzene rings is 1. The molecule has 0 heterocycles. The van der Waals surface area contributed by atoms with Crippen molar-refractivity contribution in [3.05, 3.63) is 34.9 Å². The first-order valence-corrected chi connectivity index (χ1v) is 7.59. The summed E-state index contributed by atoms with van der Waals surface area (Å²) in [6.45, 7) is 4.73. The second kappa shape index (κ2) is 5.05. The quantitative estimate of drug-likeness (QED) is 0.834. The first-order chi connectivity index (χ1) is 8.72. The molecule has 0 radical (unpaired) electrons. The smallest absolute Gasteiger partial charge is 0.00708 e. The van der Waals surface area contributed by atoms with Gasteiger partial charge in [0.1, 0.15) is 0 Å². The fourth-order valence-corrected chi connectivity index (χ4v) is 3.09. The monoisotopic (exact) mass is 243 g/mol. The summed E-state index contributed by atoms with van der Waals surface area (Å²) in [5.41, 5.74) is 4.74. The van der Waals surface area contributed by atoms with Crippen LogP contribution in [-0.2, 0) is 19.3 Å². The minimum Gasteiger partial charge on any atom is -0.311 e. The van der Waals surface area contributed by atoms with E-state index in [1.54, 1.807) is 11.1 Å². The molecule has 3 rings (SSSR count). The zero-order valence-corrected chi connectivity index (χ0v) is 11.7. The Labute approximate surface area is 111 Å². The largest absolute Gasteiger partial charge is 0.311 e. The van der Waals surface area contributed by atoms with Crippen LogP contribution in [-0.4, -0.2) is 12.1 Å². The molecule has 1 saturated carbocycles. The molecule has 0 spiro atoms. The fourth-order valence-electron chi connectivity index (χ4n) is 3.09. The highest BCUT2D eigenvalue weighted by atomic mass is 15.0. The molecule has 1 aromatic carbocycles. The molecule has 18 heavy (non-hydrogen) atoms. The van der Waals surface area contributed by atoms with E-state index in [4.69, 9.17) is 0 Å². The maximum Gasteiger partial charge on any atom is 0.00708 e. The molecule has 2 aliphatic rings. The lowest BCUT2D eigenvalue weighted by Crippen LogP contribution is -2.34. The van der Waals surface area contributed by atoms with Crippen molar-refractivity contribution >= 4 is 0 Å². The highest BCUT2D eigenvalue weighted by Gasteiger charge is 2.25. The molecule has 1 aromatic rings. The number of aryl methyl sites for hydroxylation is 2. The zero-order valence-electron chi connectivity index (χ0n) is 11.7. The second-order valence-corrected chi connectivity index (χ2v) is 6.37. The van der Waals surface area contributed by atoms with Crippen LogP contribution in [0.4, 0.5) is 0 Å². The first kappa shape index (κ1) is 12.2. The Morgan fingerprint density at radius 2 is 1.94 bits per heavy atom. The highest BCUT2D eigenvalue weighted by molar-refractivity contribution is 5.35. The molecule has 1 heteroatoms. The summed E-state index contributed by atoms with van der Waals surface area (Å²) in [5.74, 6) is 0.727. The van der Waals surface area contributed by atoms with Gasteiger partial charge in [-0.1, -0.05) is 25.1 Å². The number of hydrogen-bond acceptors (Lipinski definition) is 1. The molecular weight excluding hydrogens is 218 g/mol. The van der Waals surface area contributed by atoms with Gasteiger partial charge in [0.25, 0.3) is 0 Å². The summed E-state index contributed by atoms with van der Waals surface area (Å²) in [6, 6.07) is 8.64. The molecule has 0 amide bonds. The lowest BCUT2D eigenvalue weighted by atomic mass is 9.93. The summed E-state index contributed by atoms with van der Waals surface area (Å²) < 4.78 is 0. The van der Waals surface area contributed by atoms with Crippen molar-refractivity contribution in [3.8, 4) is 0 Å². The molecular formula is C17H25N. The molecule has 0 saturated heterocycles. The van der Waals surface area contributed by atoms with Crippen molar-refractivity contribution in [1.82, 2.24) is 5.32 Å². The van der Waals surface area contributed by atoms with Gasteiger partial charge < -0.3 is 5.32 Å². The molecule has 0 bridgehead atoms. The standard InChI is InChI=1S/C17H25N/c1-12(13(2)18-17-8-9-17)10-14-6-7-15-4-3-5-16(15)11-14/h6-7,11-13,17-18H,3-5,8-10H2,1-2H3. The van der Waals surface area contributed by atoms with Crippen molar-refractivity contribution in [1.29, 1.82) is 0 Å². The van der Waals surface area contributed by atoms with Gasteiger partial charge in [0.2, 0.25) is 0 Å². The van der Waals surface area contributed by atoms with Crippen molar-refractivity contribution in [2.75, 3.05) is 0 Å². The minimum absolute atomic E-state index is 0.644. The van der Waals surface area contributed by atoms with Crippen LogP contribution in [0.25, 0.3) is 0 Å². The predicted octanol–water partition coefficient (Wildman–Crippen LogP) is 3.49. The third-order valence-electron chi connectivity index (χ3n) is 4.65. The van der Waals surface area contributed by atoms with Gasteiger partial charge in [0.05, 0.1) is 0 Å². The normalized spacial score (nSPS) is 21.7. The molecule has 1 fully saturated rings. The van der Waals surface area contributed by atoms with Crippen LogP contribution in [0, 0.1) is 5.92 Å². The molecule has 0 aromatic heterocycles. The molecule has 0 aliphatic heterocycles. The van der Waals surface area contributed by atoms with Crippen LogP contribution >= 0.6 is 0 Å². The van der Waals surface area contributed by atoms with E-state index in [0.29, 0.717) is 6.04 Å². The average molecular weight is 243 g/mol. The van der Waals surface area contributed by atoms with Gasteiger partial charge in [-0.3, -0.25) is 0 Å². The van der Waals surface area contributed by atoms with Crippen molar-refractivity contribution in [2.45, 2.75) is 64.5 Å². The maximum atomic E-state index is 3.73. The summed E-state index contributed by atoms with van der Waals surface area (Å²) in [4.78, 5) is 0. The van der Waals surface area contributed by atoms with Gasteiger partial charge in [-0.15, -0.1) is 0 Å². The third-order valence-corrected chi connectivity index (χ3v) is 4.65. The van der Waals surface area contributed by atoms with Gasteiger partial charge >= 0.3 is 0 Å². The van der Waals surface area contributed by atoms with Gasteiger partial charge in [0, 0.05) is 12.1 Å². The number of rotatable bonds is 5. The van der Waals surface area contributed by atoms with E-state index in [1.165, 1.54) is 44.1 Å². The zero-order chi connectivity index (χ0) is 12.5. The minimum atomic E-state index is 0.644. The summed E-state index contributed by atoms with van der Waals surface area (Å²) >= 11 is 0. The van der Waals surface area contributed by atoms with E-state index in [1.807, 2.05) is 0 Å². The molecule has 2 atom stereocenters. The number of nitrogens with one attached hydrogen (secondary N) is 1. The number of fused-ring (bicyclic) bond motifs is 1. The van der Waals surface area contributed by atoms with Gasteiger partial charge in [-0.2, -0.15) is 0 Å². The van der Waals surface area contributed by atoms with Crippen LogP contribution in [0.1, 0.15) is 49.8 Å². The highest BCUT2D eigenvalue weighted by Crippen LogP contribution is 2.25. The Hall–Kier alpha value is -0.820. The van der Waals surface area contributed by atoms with Crippen LogP contribution < -0.4 is 5.32 Å². The van der Waals surface area contributed by atoms with Gasteiger partial charge in [0.15, 0.2) is 0 Å². The SMILES string of the molecule is CC(Cc1ccc2c(c1)CCC2)C(C)NC1CC1. The lowest BCUT2D eigenvalue weighted by Gasteiger charge is -2.21. The summed E-state index contributed by atoms with van der Waals surface area (Å²) in [7, 11) is 0. The number of hydrogen-bond donors (Lipinski definition) is 1. The van der Waals surface area contributed by atoms with Crippen molar-refractivity contribution in [3.63, 3.8) is 0 Å². The molecule has 98 valence electrons. The predicted molar refractivity (Wildman–Crippen MR) is 77.0 cm³/mol. The van der Waals surface area contributed by atoms with Crippen LogP contribution in [0.3, 0.4) is 0 Å². The topological polar surface area (TPSA) is 12.0 Å². The summed E-state index contributed by atoms with van der Waals surface area (Å²) in [5, 5.41) is 3.73. The Morgan fingerprint density at radius 3 is 2.72 bits per heavy atom. The van der Waals surface area contributed by atoms with Crippen LogP contribution in [0.15, 0.2) is 18.2 Å². The van der Waals surface area contributed by atoms with E-state index in [-0.39, 0.29) is 0 Å². The van der Waals surface area contributed by atoms with Crippen LogP contribution in [0.2, 0.25) is 0 Å². The van der Waals surface area contributed by atoms with Crippen molar-refractivity contribution in [2.24, 2.45) is 5.92 Å². The fraction of sp³-hybridized carbons (Fsp3) is 0.647. The molecule has 1 N–H and O–H groups in total. The van der Waals surface area contributed by atoms with E-state index >= 15 is 0 Å². The Morgan fingerprint density at radius 1 is 1.17 bits per heavy atom. The maximum absolute atomic E-state index is 3.73.